The number of rotatable bonds is 4. The number of nitrogens with zero attached hydrogens (tertiary/aromatic N) is 3. The summed E-state index contributed by atoms with van der Waals surface area (Å²) in [4.78, 5) is 24.6. The molecule has 2 aliphatic carbocycles. The van der Waals surface area contributed by atoms with Crippen LogP contribution in [0.3, 0.4) is 0 Å². The largest absolute Gasteiger partial charge is 0.481 e. The fraction of sp³-hybridized carbons (Fsp3) is 0.500. The molecule has 0 bridgehead atoms. The molecular formula is C24H28N4O3. The number of carboxylic acid groups (broad SMARTS) is 1. The monoisotopic (exact) mass is 420 g/mol. The molecule has 0 spiro atoms. The Bertz CT molecular complexity index is 1050. The summed E-state index contributed by atoms with van der Waals surface area (Å²) in [6, 6.07) is 8.53. The van der Waals surface area contributed by atoms with Gasteiger partial charge in [0.05, 0.1) is 11.1 Å². The van der Waals surface area contributed by atoms with Crippen LogP contribution in [0, 0.1) is 11.3 Å². The molecule has 0 unspecified atom stereocenters. The van der Waals surface area contributed by atoms with Crippen molar-refractivity contribution in [1.29, 1.82) is 0 Å². The lowest BCUT2D eigenvalue weighted by molar-refractivity contribution is -0.146. The van der Waals surface area contributed by atoms with Crippen LogP contribution in [-0.2, 0) is 4.79 Å². The highest BCUT2D eigenvalue weighted by atomic mass is 16.5. The predicted octanol–water partition coefficient (Wildman–Crippen LogP) is 4.49. The van der Waals surface area contributed by atoms with E-state index in [9.17, 15) is 9.90 Å². The zero-order chi connectivity index (χ0) is 21.8. The Morgan fingerprint density at radius 1 is 1.10 bits per heavy atom. The second-order valence-corrected chi connectivity index (χ2v) is 9.62. The molecule has 3 N–H and O–H groups in total. The highest BCUT2D eigenvalue weighted by Gasteiger charge is 2.56. The van der Waals surface area contributed by atoms with Crippen LogP contribution < -0.4 is 10.5 Å². The van der Waals surface area contributed by atoms with Gasteiger partial charge in [0.15, 0.2) is 11.5 Å². The minimum atomic E-state index is -0.636. The Kier molecular flexibility index (Phi) is 4.53. The van der Waals surface area contributed by atoms with E-state index in [2.05, 4.69) is 34.2 Å². The number of benzene rings is 1. The third-order valence-corrected chi connectivity index (χ3v) is 7.34. The van der Waals surface area contributed by atoms with E-state index in [1.165, 1.54) is 11.9 Å². The maximum Gasteiger partial charge on any atom is 0.309 e. The number of aliphatic imine (C=N–C) groups is 1. The summed E-state index contributed by atoms with van der Waals surface area (Å²) in [5, 5.41) is 9.58. The van der Waals surface area contributed by atoms with Crippen molar-refractivity contribution >= 4 is 23.2 Å². The first-order valence-electron chi connectivity index (χ1n) is 11.0. The lowest BCUT2D eigenvalue weighted by Crippen LogP contribution is -2.41. The molecule has 31 heavy (non-hydrogen) atoms. The topological polar surface area (TPSA) is 111 Å². The number of carbonyl (C=O) groups is 1. The molecule has 0 amide bonds. The molecule has 1 aromatic heterocycles. The summed E-state index contributed by atoms with van der Waals surface area (Å²) in [6.45, 7) is 3.94. The van der Waals surface area contributed by atoms with Crippen molar-refractivity contribution in [2.75, 3.05) is 5.73 Å². The van der Waals surface area contributed by atoms with Gasteiger partial charge in [-0.3, -0.25) is 4.79 Å². The molecular weight excluding hydrogens is 392 g/mol. The molecule has 7 nitrogen and oxygen atoms in total. The fourth-order valence-electron chi connectivity index (χ4n) is 5.33. The molecule has 3 aliphatic rings. The van der Waals surface area contributed by atoms with E-state index in [0.29, 0.717) is 29.2 Å². The Balaban J connectivity index is 1.34. The van der Waals surface area contributed by atoms with Crippen molar-refractivity contribution in [3.63, 3.8) is 0 Å². The first-order valence-corrected chi connectivity index (χ1v) is 11.0. The number of aromatic nitrogens is 2. The molecule has 162 valence electrons. The van der Waals surface area contributed by atoms with Crippen LogP contribution >= 0.6 is 0 Å². The molecule has 0 radical (unpaired) electrons. The van der Waals surface area contributed by atoms with Crippen LogP contribution in [0.15, 0.2) is 35.6 Å². The minimum Gasteiger partial charge on any atom is -0.481 e. The van der Waals surface area contributed by atoms with Crippen LogP contribution in [0.5, 0.6) is 5.88 Å². The van der Waals surface area contributed by atoms with Gasteiger partial charge in [0.2, 0.25) is 5.88 Å². The molecule has 0 saturated heterocycles. The van der Waals surface area contributed by atoms with Gasteiger partial charge in [-0.25, -0.2) is 9.98 Å². The average Bonchev–Trinajstić information content (AvgIpc) is 3.56. The normalized spacial score (nSPS) is 25.7. The van der Waals surface area contributed by atoms with Crippen LogP contribution in [0.2, 0.25) is 0 Å². The number of fused-ring (bicyclic) bond motifs is 1. The van der Waals surface area contributed by atoms with Gasteiger partial charge in [-0.15, -0.1) is 0 Å². The van der Waals surface area contributed by atoms with Crippen LogP contribution in [-0.4, -0.2) is 32.4 Å². The second-order valence-electron chi connectivity index (χ2n) is 9.62. The third kappa shape index (κ3) is 3.36. The lowest BCUT2D eigenvalue weighted by Gasteiger charge is -2.33. The molecule has 5 rings (SSSR count). The lowest BCUT2D eigenvalue weighted by atomic mass is 9.72. The first kappa shape index (κ1) is 20.0. The summed E-state index contributed by atoms with van der Waals surface area (Å²) >= 11 is 0. The first-order chi connectivity index (χ1) is 14.8. The third-order valence-electron chi connectivity index (χ3n) is 7.34. The Morgan fingerprint density at radius 3 is 2.39 bits per heavy atom. The number of nitrogens with two attached hydrogens (primary N) is 1. The molecule has 0 atom stereocenters. The van der Waals surface area contributed by atoms with E-state index in [4.69, 9.17) is 15.5 Å². The fourth-order valence-corrected chi connectivity index (χ4v) is 5.33. The smallest absolute Gasteiger partial charge is 0.309 e. The molecule has 2 saturated carbocycles. The maximum atomic E-state index is 11.6. The quantitative estimate of drug-likeness (QED) is 0.754. The van der Waals surface area contributed by atoms with E-state index in [-0.39, 0.29) is 0 Å². The van der Waals surface area contributed by atoms with E-state index in [0.717, 1.165) is 49.8 Å². The highest BCUT2D eigenvalue weighted by Crippen LogP contribution is 2.57. The van der Waals surface area contributed by atoms with Gasteiger partial charge in [-0.1, -0.05) is 24.3 Å². The van der Waals surface area contributed by atoms with Crippen molar-refractivity contribution in [3.05, 3.63) is 41.7 Å². The Morgan fingerprint density at radius 2 is 1.77 bits per heavy atom. The van der Waals surface area contributed by atoms with Crippen molar-refractivity contribution in [3.8, 4) is 5.88 Å². The van der Waals surface area contributed by atoms with Gasteiger partial charge in [0, 0.05) is 5.56 Å². The molecule has 1 aromatic carbocycles. The summed E-state index contributed by atoms with van der Waals surface area (Å²) in [5.74, 6) is 0.941. The summed E-state index contributed by atoms with van der Waals surface area (Å²) in [6.07, 6.45) is 7.20. The number of hydrogen-bond acceptors (Lipinski definition) is 6. The number of carboxylic acids is 1. The number of anilines is 1. The van der Waals surface area contributed by atoms with Gasteiger partial charge < -0.3 is 15.6 Å². The van der Waals surface area contributed by atoms with Crippen molar-refractivity contribution in [2.24, 2.45) is 16.3 Å². The maximum absolute atomic E-state index is 11.6. The molecule has 7 heteroatoms. The average molecular weight is 421 g/mol. The van der Waals surface area contributed by atoms with Gasteiger partial charge in [-0.2, -0.15) is 4.98 Å². The standard InChI is InChI=1S/C24H28N4O3/c1-23(2)19(28-18-20(25)26-13-27-21(18)31-23)16-5-3-14(4-6-16)15-7-9-17(10-8-15)24(11-12-24)22(29)30/h3-6,13,15,17H,7-12H2,1-2H3,(H,29,30)(H2,25,26,27). The predicted molar refractivity (Wildman–Crippen MR) is 118 cm³/mol. The van der Waals surface area contributed by atoms with Crippen LogP contribution in [0.4, 0.5) is 11.5 Å². The molecule has 2 heterocycles. The summed E-state index contributed by atoms with van der Waals surface area (Å²) in [7, 11) is 0. The van der Waals surface area contributed by atoms with E-state index >= 15 is 0 Å². The van der Waals surface area contributed by atoms with Crippen LogP contribution in [0.1, 0.15) is 69.4 Å². The SMILES string of the molecule is CC1(C)Oc2ncnc(N)c2N=C1c1ccc(C2CCC(C3(C(=O)O)CC3)CC2)cc1. The molecule has 2 fully saturated rings. The number of nitrogen functional groups attached to an aromatic ring is 1. The van der Waals surface area contributed by atoms with Crippen molar-refractivity contribution < 1.29 is 14.6 Å². The van der Waals surface area contributed by atoms with Gasteiger partial charge in [-0.05, 0) is 69.8 Å². The zero-order valence-corrected chi connectivity index (χ0v) is 18.0. The van der Waals surface area contributed by atoms with Crippen molar-refractivity contribution in [1.82, 2.24) is 9.97 Å². The Hall–Kier alpha value is -2.96. The van der Waals surface area contributed by atoms with Gasteiger partial charge in [0.1, 0.15) is 11.9 Å². The Labute approximate surface area is 181 Å². The van der Waals surface area contributed by atoms with E-state index in [1.54, 1.807) is 0 Å². The van der Waals surface area contributed by atoms with Gasteiger partial charge >= 0.3 is 5.97 Å². The van der Waals surface area contributed by atoms with Gasteiger partial charge in [0.25, 0.3) is 0 Å². The summed E-state index contributed by atoms with van der Waals surface area (Å²) in [5.41, 5.74) is 8.50. The van der Waals surface area contributed by atoms with Crippen LogP contribution in [0.25, 0.3) is 0 Å². The molecule has 1 aliphatic heterocycles. The zero-order valence-electron chi connectivity index (χ0n) is 18.0. The summed E-state index contributed by atoms with van der Waals surface area (Å²) < 4.78 is 6.07. The number of aliphatic carboxylic acids is 1. The second kappa shape index (κ2) is 7.04. The number of ether oxygens (including phenoxy) is 1. The molecule has 2 aromatic rings. The highest BCUT2D eigenvalue weighted by molar-refractivity contribution is 6.09. The van der Waals surface area contributed by atoms with Crippen molar-refractivity contribution in [2.45, 2.75) is 63.9 Å². The van der Waals surface area contributed by atoms with E-state index in [1.807, 2.05) is 13.8 Å². The minimum absolute atomic E-state index is 0.307. The number of hydrogen-bond donors (Lipinski definition) is 2. The van der Waals surface area contributed by atoms with E-state index < -0.39 is 17.0 Å².